The third-order valence-corrected chi connectivity index (χ3v) is 3.91. The Balaban J connectivity index is 1.75. The molecule has 2 aromatic carbocycles. The average molecular weight is 368 g/mol. The lowest BCUT2D eigenvalue weighted by Gasteiger charge is -2.19. The Morgan fingerprint density at radius 2 is 1.92 bits per heavy atom. The maximum atomic E-state index is 13.2. The molecule has 0 aliphatic rings. The summed E-state index contributed by atoms with van der Waals surface area (Å²) in [6.45, 7) is 0.218. The van der Waals surface area contributed by atoms with E-state index >= 15 is 0 Å². The molecule has 0 saturated heterocycles. The van der Waals surface area contributed by atoms with Gasteiger partial charge in [-0.2, -0.15) is 0 Å². The van der Waals surface area contributed by atoms with Crippen molar-refractivity contribution in [2.45, 2.75) is 25.2 Å². The van der Waals surface area contributed by atoms with E-state index in [1.807, 2.05) is 30.3 Å². The molecular weight excluding hydrogens is 349 g/mol. The van der Waals surface area contributed by atoms with Crippen molar-refractivity contribution in [2.24, 2.45) is 0 Å². The van der Waals surface area contributed by atoms with E-state index in [2.05, 4.69) is 5.32 Å². The third kappa shape index (κ3) is 6.01. The maximum absolute atomic E-state index is 13.2. The number of hydrogen-bond donors (Lipinski definition) is 3. The summed E-state index contributed by atoms with van der Waals surface area (Å²) in [6.07, 6.45) is -3.15. The number of nitrogens with one attached hydrogen (secondary N) is 1. The molecule has 0 bridgehead atoms. The molecule has 0 heterocycles. The van der Waals surface area contributed by atoms with Gasteiger partial charge in [-0.25, -0.2) is 9.18 Å². The van der Waals surface area contributed by atoms with E-state index in [1.165, 1.54) is 6.07 Å². The van der Waals surface area contributed by atoms with Gasteiger partial charge in [-0.1, -0.05) is 41.9 Å². The molecule has 2 rings (SSSR count). The molecular formula is C18H19ClFNO4. The molecule has 0 saturated carbocycles. The van der Waals surface area contributed by atoms with Crippen molar-refractivity contribution in [3.05, 3.63) is 70.5 Å². The number of rotatable bonds is 7. The number of hydrogen-bond acceptors (Lipinski definition) is 4. The predicted molar refractivity (Wildman–Crippen MR) is 91.6 cm³/mol. The van der Waals surface area contributed by atoms with Gasteiger partial charge in [-0.3, -0.25) is 0 Å². The van der Waals surface area contributed by atoms with Gasteiger partial charge in [0.15, 0.2) is 0 Å². The summed E-state index contributed by atoms with van der Waals surface area (Å²) in [5.74, 6) is -0.562. The highest BCUT2D eigenvalue weighted by Gasteiger charge is 2.21. The van der Waals surface area contributed by atoms with E-state index in [0.717, 1.165) is 17.7 Å². The second-order valence-corrected chi connectivity index (χ2v) is 5.86. The molecule has 0 spiro atoms. The molecule has 5 nitrogen and oxygen atoms in total. The number of aliphatic hydroxyl groups is 2. The summed E-state index contributed by atoms with van der Waals surface area (Å²) >= 11 is 5.89. The highest BCUT2D eigenvalue weighted by molar-refractivity contribution is 6.31. The van der Waals surface area contributed by atoms with Crippen LogP contribution in [0.5, 0.6) is 0 Å². The number of benzene rings is 2. The molecule has 1 amide bonds. The van der Waals surface area contributed by atoms with E-state index in [4.69, 9.17) is 16.3 Å². The smallest absolute Gasteiger partial charge is 0.407 e. The zero-order chi connectivity index (χ0) is 18.2. The molecule has 0 aliphatic heterocycles. The first-order valence-corrected chi connectivity index (χ1v) is 8.11. The lowest BCUT2D eigenvalue weighted by Crippen LogP contribution is -2.29. The van der Waals surface area contributed by atoms with E-state index in [0.29, 0.717) is 0 Å². The lowest BCUT2D eigenvalue weighted by molar-refractivity contribution is 0.0135. The van der Waals surface area contributed by atoms with Gasteiger partial charge in [-0.15, -0.1) is 0 Å². The lowest BCUT2D eigenvalue weighted by atomic mass is 10.0. The molecule has 2 atom stereocenters. The molecule has 0 aromatic heterocycles. The monoisotopic (exact) mass is 367 g/mol. The van der Waals surface area contributed by atoms with E-state index < -0.39 is 24.1 Å². The van der Waals surface area contributed by atoms with Crippen molar-refractivity contribution in [1.29, 1.82) is 0 Å². The Hall–Kier alpha value is -2.15. The Bertz CT molecular complexity index is 699. The zero-order valence-electron chi connectivity index (χ0n) is 13.4. The van der Waals surface area contributed by atoms with Crippen molar-refractivity contribution in [1.82, 2.24) is 5.32 Å². The fourth-order valence-corrected chi connectivity index (χ4v) is 2.43. The molecule has 2 aromatic rings. The molecule has 3 N–H and O–H groups in total. The Labute approximate surface area is 150 Å². The van der Waals surface area contributed by atoms with Crippen LogP contribution in [0.25, 0.3) is 0 Å². The first kappa shape index (κ1) is 19.2. The standard InChI is InChI=1S/C18H19ClFNO4/c19-15-7-6-13(20)10-14(15)17(23)16(22)8-9-21-18(24)25-11-12-4-2-1-3-5-12/h1-7,10,16-17,22-23H,8-9,11H2,(H,21,24). The largest absolute Gasteiger partial charge is 0.445 e. The fraction of sp³-hybridized carbons (Fsp3) is 0.278. The van der Waals surface area contributed by atoms with Crippen LogP contribution >= 0.6 is 11.6 Å². The van der Waals surface area contributed by atoms with Gasteiger partial charge < -0.3 is 20.3 Å². The summed E-state index contributed by atoms with van der Waals surface area (Å²) in [5.41, 5.74) is 0.953. The van der Waals surface area contributed by atoms with Crippen LogP contribution in [0.2, 0.25) is 5.02 Å². The number of carbonyl (C=O) groups is 1. The maximum Gasteiger partial charge on any atom is 0.407 e. The third-order valence-electron chi connectivity index (χ3n) is 3.56. The normalized spacial score (nSPS) is 13.1. The summed E-state index contributed by atoms with van der Waals surface area (Å²) in [5, 5.41) is 22.7. The van der Waals surface area contributed by atoms with E-state index in [1.54, 1.807) is 0 Å². The van der Waals surface area contributed by atoms with Crippen LogP contribution in [-0.2, 0) is 11.3 Å². The Kier molecular flexibility index (Phi) is 7.18. The number of aliphatic hydroxyl groups excluding tert-OH is 2. The van der Waals surface area contributed by atoms with Crippen molar-refractivity contribution in [3.8, 4) is 0 Å². The first-order valence-electron chi connectivity index (χ1n) is 7.73. The summed E-state index contributed by atoms with van der Waals surface area (Å²) < 4.78 is 18.3. The molecule has 0 radical (unpaired) electrons. The highest BCUT2D eigenvalue weighted by atomic mass is 35.5. The number of halogens is 2. The number of carbonyl (C=O) groups excluding carboxylic acids is 1. The van der Waals surface area contributed by atoms with Crippen LogP contribution in [0.4, 0.5) is 9.18 Å². The molecule has 134 valence electrons. The van der Waals surface area contributed by atoms with Crippen LogP contribution in [-0.4, -0.2) is 29.0 Å². The molecule has 2 unspecified atom stereocenters. The van der Waals surface area contributed by atoms with Gasteiger partial charge in [0.05, 0.1) is 6.10 Å². The second-order valence-electron chi connectivity index (χ2n) is 5.46. The van der Waals surface area contributed by atoms with E-state index in [-0.39, 0.29) is 30.2 Å². The van der Waals surface area contributed by atoms with Crippen LogP contribution in [0.3, 0.4) is 0 Å². The Morgan fingerprint density at radius 1 is 1.20 bits per heavy atom. The van der Waals surface area contributed by atoms with E-state index in [9.17, 15) is 19.4 Å². The van der Waals surface area contributed by atoms with Crippen LogP contribution in [0, 0.1) is 5.82 Å². The summed E-state index contributed by atoms with van der Waals surface area (Å²) in [6, 6.07) is 12.7. The first-order chi connectivity index (χ1) is 12.0. The minimum atomic E-state index is -1.36. The van der Waals surface area contributed by atoms with Crippen LogP contribution in [0.1, 0.15) is 23.7 Å². The van der Waals surface area contributed by atoms with Crippen molar-refractivity contribution in [2.75, 3.05) is 6.54 Å². The number of amides is 1. The quantitative estimate of drug-likeness (QED) is 0.702. The van der Waals surface area contributed by atoms with Gasteiger partial charge >= 0.3 is 6.09 Å². The molecule has 25 heavy (non-hydrogen) atoms. The van der Waals surface area contributed by atoms with Crippen molar-refractivity contribution >= 4 is 17.7 Å². The van der Waals surface area contributed by atoms with Gasteiger partial charge in [0.25, 0.3) is 0 Å². The van der Waals surface area contributed by atoms with Crippen LogP contribution < -0.4 is 5.32 Å². The zero-order valence-corrected chi connectivity index (χ0v) is 14.1. The van der Waals surface area contributed by atoms with Crippen molar-refractivity contribution in [3.63, 3.8) is 0 Å². The second kappa shape index (κ2) is 9.36. The minimum absolute atomic E-state index is 0.0500. The molecule has 0 aliphatic carbocycles. The van der Waals surface area contributed by atoms with Gasteiger partial charge in [0.1, 0.15) is 18.5 Å². The Morgan fingerprint density at radius 3 is 2.64 bits per heavy atom. The summed E-state index contributed by atoms with van der Waals surface area (Å²) in [7, 11) is 0. The minimum Gasteiger partial charge on any atom is -0.445 e. The number of alkyl carbamates (subject to hydrolysis) is 1. The summed E-state index contributed by atoms with van der Waals surface area (Å²) in [4.78, 5) is 11.6. The van der Waals surface area contributed by atoms with Gasteiger partial charge in [0.2, 0.25) is 0 Å². The van der Waals surface area contributed by atoms with Crippen molar-refractivity contribution < 1.29 is 24.1 Å². The number of ether oxygens (including phenoxy) is 1. The molecule has 7 heteroatoms. The topological polar surface area (TPSA) is 78.8 Å². The van der Waals surface area contributed by atoms with Gasteiger partial charge in [-0.05, 0) is 30.2 Å². The van der Waals surface area contributed by atoms with Gasteiger partial charge in [0, 0.05) is 17.1 Å². The average Bonchev–Trinajstić information content (AvgIpc) is 2.62. The van der Waals surface area contributed by atoms with Crippen LogP contribution in [0.15, 0.2) is 48.5 Å². The predicted octanol–water partition coefficient (Wildman–Crippen LogP) is 3.19. The fourth-order valence-electron chi connectivity index (χ4n) is 2.20. The molecule has 0 fully saturated rings. The highest BCUT2D eigenvalue weighted by Crippen LogP contribution is 2.27. The SMILES string of the molecule is O=C(NCCC(O)C(O)c1cc(F)ccc1Cl)OCc1ccccc1.